The van der Waals surface area contributed by atoms with E-state index in [9.17, 15) is 0 Å². The number of nitrogens with one attached hydrogen (secondary N) is 2. The van der Waals surface area contributed by atoms with Crippen LogP contribution in [-0.4, -0.2) is 45.8 Å². The molecule has 3 aromatic rings. The lowest BCUT2D eigenvalue weighted by molar-refractivity contribution is 0.696. The minimum Gasteiger partial charge on any atom is -0.375 e. The fourth-order valence-electron chi connectivity index (χ4n) is 2.93. The zero-order valence-electron chi connectivity index (χ0n) is 17.9. The molecule has 3 rings (SSSR count). The molecule has 0 aliphatic rings. The SMILES string of the molecule is Cc1nnc(CNC(=NCc2ccccn2)NCCCN(C)c2ccccc2)n1C. The number of nitrogens with zero attached hydrogens (tertiary/aromatic N) is 6. The Morgan fingerprint density at radius 2 is 1.87 bits per heavy atom. The topological polar surface area (TPSA) is 83.3 Å². The first-order valence-corrected chi connectivity index (χ1v) is 10.2. The van der Waals surface area contributed by atoms with Gasteiger partial charge in [0.2, 0.25) is 0 Å². The van der Waals surface area contributed by atoms with Crippen molar-refractivity contribution < 1.29 is 0 Å². The van der Waals surface area contributed by atoms with Gasteiger partial charge in [-0.05, 0) is 37.6 Å². The molecule has 0 amide bonds. The second kappa shape index (κ2) is 10.9. The monoisotopic (exact) mass is 406 g/mol. The summed E-state index contributed by atoms with van der Waals surface area (Å²) in [6.45, 7) is 4.76. The van der Waals surface area contributed by atoms with Crippen molar-refractivity contribution >= 4 is 11.6 Å². The Labute approximate surface area is 178 Å². The van der Waals surface area contributed by atoms with Crippen molar-refractivity contribution in [3.8, 4) is 0 Å². The highest BCUT2D eigenvalue weighted by Gasteiger charge is 2.07. The van der Waals surface area contributed by atoms with Crippen LogP contribution in [-0.2, 0) is 20.1 Å². The van der Waals surface area contributed by atoms with Gasteiger partial charge >= 0.3 is 0 Å². The number of anilines is 1. The summed E-state index contributed by atoms with van der Waals surface area (Å²) in [4.78, 5) is 11.3. The van der Waals surface area contributed by atoms with Crippen molar-refractivity contribution in [2.75, 3.05) is 25.0 Å². The molecule has 0 aliphatic heterocycles. The summed E-state index contributed by atoms with van der Waals surface area (Å²) in [5.74, 6) is 2.49. The summed E-state index contributed by atoms with van der Waals surface area (Å²) in [6.07, 6.45) is 2.77. The zero-order valence-corrected chi connectivity index (χ0v) is 17.9. The number of guanidine groups is 1. The van der Waals surface area contributed by atoms with Crippen LogP contribution >= 0.6 is 0 Å². The Bertz CT molecular complexity index is 921. The third-order valence-corrected chi connectivity index (χ3v) is 4.88. The minimum absolute atomic E-state index is 0.512. The van der Waals surface area contributed by atoms with Gasteiger partial charge in [0.25, 0.3) is 0 Å². The summed E-state index contributed by atoms with van der Waals surface area (Å²) in [6, 6.07) is 16.3. The van der Waals surface area contributed by atoms with Gasteiger partial charge in [-0.15, -0.1) is 10.2 Å². The number of para-hydroxylation sites is 1. The molecule has 0 fully saturated rings. The summed E-state index contributed by atoms with van der Waals surface area (Å²) in [5, 5.41) is 15.1. The molecule has 0 aliphatic carbocycles. The van der Waals surface area contributed by atoms with Crippen molar-refractivity contribution in [1.29, 1.82) is 0 Å². The first-order chi connectivity index (χ1) is 14.6. The van der Waals surface area contributed by atoms with Crippen LogP contribution in [0.25, 0.3) is 0 Å². The molecule has 0 bridgehead atoms. The predicted molar refractivity (Wildman–Crippen MR) is 120 cm³/mol. The van der Waals surface area contributed by atoms with Crippen LogP contribution in [0.5, 0.6) is 0 Å². The van der Waals surface area contributed by atoms with Crippen LogP contribution in [0.3, 0.4) is 0 Å². The van der Waals surface area contributed by atoms with E-state index in [0.717, 1.165) is 42.8 Å². The van der Waals surface area contributed by atoms with Crippen LogP contribution in [0, 0.1) is 6.92 Å². The third kappa shape index (κ3) is 6.30. The fraction of sp³-hybridized carbons (Fsp3) is 0.364. The molecule has 0 saturated carbocycles. The lowest BCUT2D eigenvalue weighted by Crippen LogP contribution is -2.39. The second-order valence-electron chi connectivity index (χ2n) is 7.10. The highest BCUT2D eigenvalue weighted by Crippen LogP contribution is 2.10. The third-order valence-electron chi connectivity index (χ3n) is 4.88. The summed E-state index contributed by atoms with van der Waals surface area (Å²) >= 11 is 0. The Morgan fingerprint density at radius 3 is 2.57 bits per heavy atom. The highest BCUT2D eigenvalue weighted by atomic mass is 15.3. The minimum atomic E-state index is 0.512. The molecule has 0 atom stereocenters. The van der Waals surface area contributed by atoms with Crippen molar-refractivity contribution in [2.24, 2.45) is 12.0 Å². The number of rotatable bonds is 9. The van der Waals surface area contributed by atoms with Crippen LogP contribution in [0.15, 0.2) is 59.7 Å². The number of aryl methyl sites for hydroxylation is 1. The summed E-state index contributed by atoms with van der Waals surface area (Å²) in [7, 11) is 4.07. The molecule has 1 aromatic carbocycles. The van der Waals surface area contributed by atoms with Gasteiger partial charge in [0, 0.05) is 39.1 Å². The molecule has 0 radical (unpaired) electrons. The largest absolute Gasteiger partial charge is 0.375 e. The van der Waals surface area contributed by atoms with E-state index >= 15 is 0 Å². The molecule has 8 nitrogen and oxygen atoms in total. The van der Waals surface area contributed by atoms with Crippen LogP contribution in [0.1, 0.15) is 23.8 Å². The molecular formula is C22H30N8. The molecule has 2 heterocycles. The van der Waals surface area contributed by atoms with E-state index in [1.807, 2.05) is 42.8 Å². The van der Waals surface area contributed by atoms with Gasteiger partial charge in [0.15, 0.2) is 11.8 Å². The number of hydrogen-bond acceptors (Lipinski definition) is 5. The molecule has 158 valence electrons. The zero-order chi connectivity index (χ0) is 21.2. The van der Waals surface area contributed by atoms with E-state index in [4.69, 9.17) is 0 Å². The maximum atomic E-state index is 4.68. The average molecular weight is 407 g/mol. The Hall–Kier alpha value is -3.42. The number of aliphatic imine (C=N–C) groups is 1. The van der Waals surface area contributed by atoms with Gasteiger partial charge in [0.05, 0.1) is 18.8 Å². The van der Waals surface area contributed by atoms with Crippen molar-refractivity contribution in [3.63, 3.8) is 0 Å². The molecule has 8 heteroatoms. The van der Waals surface area contributed by atoms with E-state index in [2.05, 4.69) is 67.0 Å². The van der Waals surface area contributed by atoms with Crippen LogP contribution in [0.4, 0.5) is 5.69 Å². The average Bonchev–Trinajstić information content (AvgIpc) is 3.11. The molecule has 2 aromatic heterocycles. The van der Waals surface area contributed by atoms with E-state index in [1.54, 1.807) is 6.20 Å². The number of hydrogen-bond donors (Lipinski definition) is 2. The fourth-order valence-corrected chi connectivity index (χ4v) is 2.93. The van der Waals surface area contributed by atoms with Gasteiger partial charge < -0.3 is 20.1 Å². The summed E-state index contributed by atoms with van der Waals surface area (Å²) in [5.41, 5.74) is 2.15. The normalized spacial score (nSPS) is 11.4. The molecule has 2 N–H and O–H groups in total. The first kappa shape index (κ1) is 21.3. The molecule has 0 spiro atoms. The number of pyridine rings is 1. The number of aromatic nitrogens is 4. The van der Waals surface area contributed by atoms with Crippen molar-refractivity contribution in [2.45, 2.75) is 26.4 Å². The lowest BCUT2D eigenvalue weighted by Gasteiger charge is -2.19. The Morgan fingerprint density at radius 1 is 1.07 bits per heavy atom. The van der Waals surface area contributed by atoms with Crippen LogP contribution in [0.2, 0.25) is 0 Å². The van der Waals surface area contributed by atoms with Gasteiger partial charge in [-0.1, -0.05) is 24.3 Å². The lowest BCUT2D eigenvalue weighted by atomic mass is 10.3. The standard InChI is InChI=1S/C22H30N8/c1-18-27-28-21(30(18)3)17-26-22(25-16-19-10-7-8-13-23-19)24-14-9-15-29(2)20-11-5-4-6-12-20/h4-8,10-13H,9,14-17H2,1-3H3,(H2,24,25,26). The van der Waals surface area contributed by atoms with E-state index in [1.165, 1.54) is 5.69 Å². The quantitative estimate of drug-likeness (QED) is 0.322. The second-order valence-corrected chi connectivity index (χ2v) is 7.10. The summed E-state index contributed by atoms with van der Waals surface area (Å²) < 4.78 is 1.97. The van der Waals surface area contributed by atoms with Gasteiger partial charge in [-0.25, -0.2) is 4.99 Å². The van der Waals surface area contributed by atoms with Crippen LogP contribution < -0.4 is 15.5 Å². The molecule has 30 heavy (non-hydrogen) atoms. The van der Waals surface area contributed by atoms with Gasteiger partial charge in [-0.2, -0.15) is 0 Å². The van der Waals surface area contributed by atoms with Gasteiger partial charge in [-0.3, -0.25) is 4.98 Å². The highest BCUT2D eigenvalue weighted by molar-refractivity contribution is 5.79. The van der Waals surface area contributed by atoms with Gasteiger partial charge in [0.1, 0.15) is 5.82 Å². The number of benzene rings is 1. The predicted octanol–water partition coefficient (Wildman–Crippen LogP) is 2.28. The maximum Gasteiger partial charge on any atom is 0.192 e. The first-order valence-electron chi connectivity index (χ1n) is 10.2. The van der Waals surface area contributed by atoms with Crippen molar-refractivity contribution in [1.82, 2.24) is 30.4 Å². The van der Waals surface area contributed by atoms with E-state index < -0.39 is 0 Å². The Kier molecular flexibility index (Phi) is 7.77. The smallest absolute Gasteiger partial charge is 0.192 e. The van der Waals surface area contributed by atoms with E-state index in [-0.39, 0.29) is 0 Å². The molecule has 0 unspecified atom stereocenters. The van der Waals surface area contributed by atoms with E-state index in [0.29, 0.717) is 13.1 Å². The molecule has 0 saturated heterocycles. The van der Waals surface area contributed by atoms with Crippen molar-refractivity contribution in [3.05, 3.63) is 72.1 Å². The Balaban J connectivity index is 1.54. The maximum absolute atomic E-state index is 4.68. The molecular weight excluding hydrogens is 376 g/mol.